The Kier molecular flexibility index (Phi) is 1.91. The number of allylic oxidation sites excluding steroid dienone is 1. The zero-order chi connectivity index (χ0) is 11.1. The molecule has 2 heterocycles. The van der Waals surface area contributed by atoms with Crippen LogP contribution in [0.15, 0.2) is 35.5 Å². The lowest BCUT2D eigenvalue weighted by Crippen LogP contribution is -2.49. The van der Waals surface area contributed by atoms with Crippen LogP contribution in [0.5, 0.6) is 0 Å². The van der Waals surface area contributed by atoms with E-state index in [0.717, 1.165) is 16.3 Å². The van der Waals surface area contributed by atoms with Gasteiger partial charge in [-0.1, -0.05) is 6.08 Å². The highest BCUT2D eigenvalue weighted by molar-refractivity contribution is 5.81. The van der Waals surface area contributed by atoms with Crippen molar-refractivity contribution in [3.8, 4) is 0 Å². The molecule has 4 heteroatoms. The average molecular weight is 212 g/mol. The van der Waals surface area contributed by atoms with Gasteiger partial charge in [0.1, 0.15) is 0 Å². The summed E-state index contributed by atoms with van der Waals surface area (Å²) in [5.74, 6) is 0.0485. The molecule has 0 saturated carbocycles. The molecule has 2 atom stereocenters. The van der Waals surface area contributed by atoms with E-state index in [2.05, 4.69) is 9.98 Å². The van der Waals surface area contributed by atoms with Crippen LogP contribution in [0.3, 0.4) is 0 Å². The molecule has 3 rings (SSSR count). The lowest BCUT2D eigenvalue weighted by molar-refractivity contribution is 0.685. The number of rotatable bonds is 0. The minimum absolute atomic E-state index is 0.0485. The van der Waals surface area contributed by atoms with Gasteiger partial charge in [-0.05, 0) is 18.2 Å². The van der Waals surface area contributed by atoms with E-state index in [-0.39, 0.29) is 12.0 Å². The Hall–Kier alpha value is -1.94. The molecule has 0 radical (unpaired) electrons. The Morgan fingerprint density at radius 1 is 1.31 bits per heavy atom. The normalized spacial score (nSPS) is 26.6. The van der Waals surface area contributed by atoms with Crippen molar-refractivity contribution in [2.75, 3.05) is 0 Å². The number of aromatic nitrogens is 1. The standard InChI is InChI=1S/C12H12N4/c13-9-7-3-1-5-15-11(7)12-8(10(9)14)4-2-6-16-12/h1-7,9H,13-14H2. The molecule has 2 unspecified atom stereocenters. The van der Waals surface area contributed by atoms with Crippen LogP contribution in [-0.4, -0.2) is 17.2 Å². The van der Waals surface area contributed by atoms with E-state index in [1.54, 1.807) is 12.4 Å². The van der Waals surface area contributed by atoms with Crippen molar-refractivity contribution >= 4 is 17.6 Å². The first-order valence-electron chi connectivity index (χ1n) is 5.20. The van der Waals surface area contributed by atoms with E-state index < -0.39 is 0 Å². The van der Waals surface area contributed by atoms with Gasteiger partial charge in [0.15, 0.2) is 0 Å². The Morgan fingerprint density at radius 3 is 3.06 bits per heavy atom. The monoisotopic (exact) mass is 212 g/mol. The maximum Gasteiger partial charge on any atom is 0.0941 e. The zero-order valence-corrected chi connectivity index (χ0v) is 8.67. The van der Waals surface area contributed by atoms with Crippen molar-refractivity contribution in [2.45, 2.75) is 6.04 Å². The van der Waals surface area contributed by atoms with Gasteiger partial charge in [-0.3, -0.25) is 9.98 Å². The average Bonchev–Trinajstić information content (AvgIpc) is 2.36. The second-order valence-corrected chi connectivity index (χ2v) is 3.95. The topological polar surface area (TPSA) is 77.3 Å². The van der Waals surface area contributed by atoms with Crippen molar-refractivity contribution in [3.63, 3.8) is 0 Å². The van der Waals surface area contributed by atoms with Crippen LogP contribution in [-0.2, 0) is 0 Å². The summed E-state index contributed by atoms with van der Waals surface area (Å²) in [6.07, 6.45) is 7.44. The third-order valence-corrected chi connectivity index (χ3v) is 3.04. The van der Waals surface area contributed by atoms with Crippen molar-refractivity contribution in [1.82, 2.24) is 4.98 Å². The van der Waals surface area contributed by atoms with Gasteiger partial charge >= 0.3 is 0 Å². The molecule has 0 aromatic carbocycles. The molecule has 0 amide bonds. The van der Waals surface area contributed by atoms with Crippen molar-refractivity contribution in [1.29, 1.82) is 0 Å². The number of hydrogen-bond acceptors (Lipinski definition) is 4. The van der Waals surface area contributed by atoms with E-state index in [9.17, 15) is 0 Å². The lowest BCUT2D eigenvalue weighted by atomic mass is 9.88. The van der Waals surface area contributed by atoms with Crippen LogP contribution in [0.1, 0.15) is 0 Å². The van der Waals surface area contributed by atoms with Gasteiger partial charge in [-0.2, -0.15) is 0 Å². The first-order chi connectivity index (χ1) is 7.79. The summed E-state index contributed by atoms with van der Waals surface area (Å²) < 4.78 is 0. The lowest BCUT2D eigenvalue weighted by Gasteiger charge is -2.26. The third-order valence-electron chi connectivity index (χ3n) is 3.04. The molecule has 1 aromatic heterocycles. The summed E-state index contributed by atoms with van der Waals surface area (Å²) in [6.45, 7) is 0. The number of pyridine rings is 1. The van der Waals surface area contributed by atoms with Crippen LogP contribution in [0.4, 0.5) is 0 Å². The molecular formula is C12H12N4. The first-order valence-corrected chi connectivity index (χ1v) is 5.20. The van der Waals surface area contributed by atoms with Crippen molar-refractivity contribution in [2.24, 2.45) is 22.4 Å². The van der Waals surface area contributed by atoms with Crippen LogP contribution in [0.25, 0.3) is 11.4 Å². The van der Waals surface area contributed by atoms with Crippen LogP contribution in [0.2, 0.25) is 0 Å². The number of nitrogens with two attached hydrogens (primary N) is 2. The predicted molar refractivity (Wildman–Crippen MR) is 63.6 cm³/mol. The smallest absolute Gasteiger partial charge is 0.0941 e. The zero-order valence-electron chi connectivity index (χ0n) is 8.67. The second kappa shape index (κ2) is 3.28. The van der Waals surface area contributed by atoms with Gasteiger partial charge < -0.3 is 11.5 Å². The SMILES string of the molecule is NC1=c2cccnc2=C2N=CC=CC2C1N. The number of fused-ring (bicyclic) bond motifs is 2. The van der Waals surface area contributed by atoms with Crippen molar-refractivity contribution < 1.29 is 0 Å². The molecule has 1 aliphatic heterocycles. The Bertz CT molecular complexity index is 612. The fourth-order valence-corrected chi connectivity index (χ4v) is 2.19. The van der Waals surface area contributed by atoms with E-state index in [1.165, 1.54) is 0 Å². The molecule has 16 heavy (non-hydrogen) atoms. The van der Waals surface area contributed by atoms with Crippen LogP contribution >= 0.6 is 0 Å². The van der Waals surface area contributed by atoms with Crippen molar-refractivity contribution in [3.05, 3.63) is 41.0 Å². The fourth-order valence-electron chi connectivity index (χ4n) is 2.19. The van der Waals surface area contributed by atoms with Gasteiger partial charge in [-0.25, -0.2) is 0 Å². The minimum atomic E-state index is -0.208. The van der Waals surface area contributed by atoms with E-state index >= 15 is 0 Å². The summed E-state index contributed by atoms with van der Waals surface area (Å²) in [7, 11) is 0. The summed E-state index contributed by atoms with van der Waals surface area (Å²) in [6, 6.07) is 3.59. The first kappa shape index (κ1) is 9.30. The molecular weight excluding hydrogens is 200 g/mol. The van der Waals surface area contributed by atoms with Gasteiger partial charge in [0.05, 0.1) is 17.1 Å². The largest absolute Gasteiger partial charge is 0.400 e. The van der Waals surface area contributed by atoms with E-state index in [0.29, 0.717) is 5.70 Å². The Labute approximate surface area is 92.7 Å². The molecule has 0 bridgehead atoms. The highest BCUT2D eigenvalue weighted by Crippen LogP contribution is 2.23. The minimum Gasteiger partial charge on any atom is -0.400 e. The number of hydrogen-bond donors (Lipinski definition) is 2. The predicted octanol–water partition coefficient (Wildman–Crippen LogP) is -1.15. The maximum atomic E-state index is 6.11. The summed E-state index contributed by atoms with van der Waals surface area (Å²) in [4.78, 5) is 8.72. The molecule has 80 valence electrons. The molecule has 4 N–H and O–H groups in total. The third kappa shape index (κ3) is 1.13. The summed E-state index contributed by atoms with van der Waals surface area (Å²) in [5, 5.41) is 1.76. The number of aliphatic imine (C=N–C) groups is 1. The maximum absolute atomic E-state index is 6.11. The quantitative estimate of drug-likeness (QED) is 0.570. The number of dihydropyridines is 1. The fraction of sp³-hybridized carbons (Fsp3) is 0.167. The van der Waals surface area contributed by atoms with Crippen LogP contribution < -0.4 is 22.0 Å². The molecule has 1 aromatic rings. The van der Waals surface area contributed by atoms with E-state index in [1.807, 2.05) is 24.3 Å². The second-order valence-electron chi connectivity index (χ2n) is 3.95. The summed E-state index contributed by atoms with van der Waals surface area (Å²) in [5.41, 5.74) is 13.8. The van der Waals surface area contributed by atoms with Gasteiger partial charge in [0, 0.05) is 29.2 Å². The number of nitrogens with zero attached hydrogens (tertiary/aromatic N) is 2. The van der Waals surface area contributed by atoms with Crippen LogP contribution in [0, 0.1) is 5.92 Å². The summed E-state index contributed by atoms with van der Waals surface area (Å²) >= 11 is 0. The Balaban J connectivity index is 2.46. The molecule has 2 aliphatic rings. The molecule has 0 fully saturated rings. The molecule has 0 saturated heterocycles. The Morgan fingerprint density at radius 2 is 2.19 bits per heavy atom. The highest BCUT2D eigenvalue weighted by Gasteiger charge is 2.27. The molecule has 0 spiro atoms. The van der Waals surface area contributed by atoms with Gasteiger partial charge in [-0.15, -0.1) is 0 Å². The molecule has 1 aliphatic carbocycles. The van der Waals surface area contributed by atoms with E-state index in [4.69, 9.17) is 11.5 Å². The highest BCUT2D eigenvalue weighted by atomic mass is 14.9. The van der Waals surface area contributed by atoms with Gasteiger partial charge in [0.2, 0.25) is 0 Å². The molecule has 4 nitrogen and oxygen atoms in total. The van der Waals surface area contributed by atoms with Gasteiger partial charge in [0.25, 0.3) is 0 Å².